The van der Waals surface area contributed by atoms with Crippen molar-refractivity contribution in [3.8, 4) is 5.75 Å². The third-order valence-electron chi connectivity index (χ3n) is 5.73. The van der Waals surface area contributed by atoms with Gasteiger partial charge in [-0.3, -0.25) is 4.98 Å². The zero-order chi connectivity index (χ0) is 18.4. The van der Waals surface area contributed by atoms with Crippen LogP contribution in [0.1, 0.15) is 52.2 Å². The first kappa shape index (κ1) is 17.6. The highest BCUT2D eigenvalue weighted by Crippen LogP contribution is 2.43. The van der Waals surface area contributed by atoms with Crippen molar-refractivity contribution in [3.05, 3.63) is 54.4 Å². The summed E-state index contributed by atoms with van der Waals surface area (Å²) in [5.74, 6) is 1.45. The minimum absolute atomic E-state index is 0.0754. The van der Waals surface area contributed by atoms with Crippen LogP contribution in [0.3, 0.4) is 0 Å². The molecule has 4 rings (SSSR count). The van der Waals surface area contributed by atoms with Crippen molar-refractivity contribution in [2.45, 2.75) is 57.8 Å². The molecule has 26 heavy (non-hydrogen) atoms. The first-order valence-electron chi connectivity index (χ1n) is 9.38. The zero-order valence-electron chi connectivity index (χ0n) is 15.9. The first-order valence-corrected chi connectivity index (χ1v) is 9.38. The maximum atomic E-state index is 6.30. The fraction of sp³-hybridized carbons (Fsp3) is 0.476. The summed E-state index contributed by atoms with van der Waals surface area (Å²) in [6, 6.07) is 12.1. The highest BCUT2D eigenvalue weighted by atomic mass is 16.7. The molecule has 2 aromatic rings. The molecule has 1 atom stereocenters. The fourth-order valence-corrected chi connectivity index (χ4v) is 3.21. The van der Waals surface area contributed by atoms with E-state index < -0.39 is 0 Å². The highest BCUT2D eigenvalue weighted by Gasteiger charge is 2.51. The third-order valence-corrected chi connectivity index (χ3v) is 5.73. The Morgan fingerprint density at radius 2 is 1.69 bits per heavy atom. The maximum Gasteiger partial charge on any atom is 0.494 e. The number of aromatic nitrogens is 1. The Morgan fingerprint density at radius 1 is 1.04 bits per heavy atom. The van der Waals surface area contributed by atoms with Gasteiger partial charge in [0, 0.05) is 23.9 Å². The lowest BCUT2D eigenvalue weighted by atomic mass is 9.79. The summed E-state index contributed by atoms with van der Waals surface area (Å²) in [4.78, 5) is 4.24. The van der Waals surface area contributed by atoms with Crippen LogP contribution < -0.4 is 10.2 Å². The van der Waals surface area contributed by atoms with Crippen molar-refractivity contribution in [1.29, 1.82) is 0 Å². The van der Waals surface area contributed by atoms with E-state index in [-0.39, 0.29) is 24.4 Å². The predicted molar refractivity (Wildman–Crippen MR) is 102 cm³/mol. The van der Waals surface area contributed by atoms with Crippen molar-refractivity contribution in [2.24, 2.45) is 5.92 Å². The van der Waals surface area contributed by atoms with Crippen LogP contribution in [-0.4, -0.2) is 23.3 Å². The molecule has 1 aliphatic heterocycles. The number of hydrogen-bond acceptors (Lipinski definition) is 4. The molecular formula is C21H26BNO3. The van der Waals surface area contributed by atoms with E-state index in [1.54, 1.807) is 6.20 Å². The summed E-state index contributed by atoms with van der Waals surface area (Å²) < 4.78 is 18.5. The molecule has 136 valence electrons. The van der Waals surface area contributed by atoms with Crippen molar-refractivity contribution < 1.29 is 14.0 Å². The second-order valence-corrected chi connectivity index (χ2v) is 8.32. The molecule has 1 saturated carbocycles. The lowest BCUT2D eigenvalue weighted by Crippen LogP contribution is -2.41. The summed E-state index contributed by atoms with van der Waals surface area (Å²) in [5, 5.41) is 0. The van der Waals surface area contributed by atoms with Gasteiger partial charge in [-0.2, -0.15) is 0 Å². The summed E-state index contributed by atoms with van der Waals surface area (Å²) >= 11 is 0. The molecule has 0 spiro atoms. The smallest absolute Gasteiger partial charge is 0.485 e. The molecular weight excluding hydrogens is 325 g/mol. The zero-order valence-corrected chi connectivity index (χ0v) is 15.9. The van der Waals surface area contributed by atoms with Crippen LogP contribution in [0.15, 0.2) is 48.8 Å². The van der Waals surface area contributed by atoms with Crippen LogP contribution in [0, 0.1) is 5.92 Å². The molecule has 2 heterocycles. The van der Waals surface area contributed by atoms with Crippen LogP contribution >= 0.6 is 0 Å². The molecule has 1 aliphatic carbocycles. The monoisotopic (exact) mass is 351 g/mol. The average Bonchev–Trinajstić information content (AvgIpc) is 3.41. The second kappa shape index (κ2) is 6.40. The number of rotatable bonds is 5. The molecule has 0 amide bonds. The fourth-order valence-electron chi connectivity index (χ4n) is 3.21. The van der Waals surface area contributed by atoms with Gasteiger partial charge in [0.2, 0.25) is 0 Å². The van der Waals surface area contributed by atoms with Gasteiger partial charge in [0.1, 0.15) is 11.9 Å². The molecule has 1 saturated heterocycles. The summed E-state index contributed by atoms with van der Waals surface area (Å²) in [6.07, 6.45) is 6.21. The van der Waals surface area contributed by atoms with E-state index in [9.17, 15) is 0 Å². The van der Waals surface area contributed by atoms with Gasteiger partial charge in [0.25, 0.3) is 0 Å². The lowest BCUT2D eigenvalue weighted by molar-refractivity contribution is 0.00578. The van der Waals surface area contributed by atoms with Crippen molar-refractivity contribution >= 4 is 12.6 Å². The lowest BCUT2D eigenvalue weighted by Gasteiger charge is -2.32. The normalized spacial score (nSPS) is 22.2. The van der Waals surface area contributed by atoms with Gasteiger partial charge in [-0.1, -0.05) is 18.2 Å². The largest absolute Gasteiger partial charge is 0.494 e. The Hall–Kier alpha value is -1.85. The molecule has 5 heteroatoms. The van der Waals surface area contributed by atoms with E-state index in [0.717, 1.165) is 16.8 Å². The van der Waals surface area contributed by atoms with Gasteiger partial charge in [0.15, 0.2) is 0 Å². The van der Waals surface area contributed by atoms with E-state index >= 15 is 0 Å². The van der Waals surface area contributed by atoms with Crippen molar-refractivity contribution in [1.82, 2.24) is 4.98 Å². The van der Waals surface area contributed by atoms with Crippen LogP contribution in [0.5, 0.6) is 5.75 Å². The molecule has 0 radical (unpaired) electrons. The molecule has 0 bridgehead atoms. The SMILES string of the molecule is CC1(C)OB(c2ccc(OC(c3cccnc3)C3CC3)cc2)OC1(C)C. The first-order chi connectivity index (χ1) is 12.4. The van der Waals surface area contributed by atoms with Gasteiger partial charge < -0.3 is 14.0 Å². The quantitative estimate of drug-likeness (QED) is 0.766. The Labute approximate surface area is 156 Å². The van der Waals surface area contributed by atoms with E-state index in [4.69, 9.17) is 14.0 Å². The second-order valence-electron chi connectivity index (χ2n) is 8.32. The Balaban J connectivity index is 1.48. The van der Waals surface area contributed by atoms with Gasteiger partial charge in [0.05, 0.1) is 11.2 Å². The minimum Gasteiger partial charge on any atom is -0.485 e. The van der Waals surface area contributed by atoms with E-state index in [1.807, 2.05) is 36.5 Å². The van der Waals surface area contributed by atoms with Gasteiger partial charge in [-0.05, 0) is 64.2 Å². The topological polar surface area (TPSA) is 40.6 Å². The Morgan fingerprint density at radius 3 is 2.23 bits per heavy atom. The number of nitrogens with zero attached hydrogens (tertiary/aromatic N) is 1. The Bertz CT molecular complexity index is 741. The maximum absolute atomic E-state index is 6.30. The third kappa shape index (κ3) is 3.38. The predicted octanol–water partition coefficient (Wildman–Crippen LogP) is 3.91. The van der Waals surface area contributed by atoms with E-state index in [1.165, 1.54) is 12.8 Å². The molecule has 2 aliphatic rings. The number of ether oxygens (including phenoxy) is 1. The number of pyridine rings is 1. The average molecular weight is 351 g/mol. The van der Waals surface area contributed by atoms with Gasteiger partial charge >= 0.3 is 7.12 Å². The molecule has 2 fully saturated rings. The van der Waals surface area contributed by atoms with Crippen LogP contribution in [0.2, 0.25) is 0 Å². The molecule has 1 unspecified atom stereocenters. The molecule has 1 aromatic heterocycles. The summed E-state index contributed by atoms with van der Waals surface area (Å²) in [7, 11) is -0.341. The van der Waals surface area contributed by atoms with Crippen LogP contribution in [-0.2, 0) is 9.31 Å². The van der Waals surface area contributed by atoms with Crippen molar-refractivity contribution in [2.75, 3.05) is 0 Å². The van der Waals surface area contributed by atoms with Gasteiger partial charge in [-0.15, -0.1) is 0 Å². The molecule has 0 N–H and O–H groups in total. The van der Waals surface area contributed by atoms with Crippen LogP contribution in [0.25, 0.3) is 0 Å². The minimum atomic E-state index is -0.341. The number of hydrogen-bond donors (Lipinski definition) is 0. The van der Waals surface area contributed by atoms with E-state index in [0.29, 0.717) is 5.92 Å². The number of benzene rings is 1. The highest BCUT2D eigenvalue weighted by molar-refractivity contribution is 6.62. The van der Waals surface area contributed by atoms with E-state index in [2.05, 4.69) is 38.7 Å². The van der Waals surface area contributed by atoms with Crippen molar-refractivity contribution in [3.63, 3.8) is 0 Å². The molecule has 4 nitrogen and oxygen atoms in total. The molecule has 1 aromatic carbocycles. The standard InChI is InChI=1S/C21H26BNO3/c1-20(2)21(3,4)26-22(25-20)17-9-11-18(12-10-17)24-19(15-7-8-15)16-6-5-13-23-14-16/h5-6,9-15,19H,7-8H2,1-4H3. The summed E-state index contributed by atoms with van der Waals surface area (Å²) in [5.41, 5.74) is 1.50. The van der Waals surface area contributed by atoms with Crippen LogP contribution in [0.4, 0.5) is 0 Å². The Kier molecular flexibility index (Phi) is 4.32. The van der Waals surface area contributed by atoms with Gasteiger partial charge in [-0.25, -0.2) is 0 Å². The summed E-state index contributed by atoms with van der Waals surface area (Å²) in [6.45, 7) is 8.27.